The topological polar surface area (TPSA) is 26.0 Å². The molecule has 0 fully saturated rings. The number of benzene rings is 2. The number of aromatic nitrogens is 1. The lowest BCUT2D eigenvalue weighted by Gasteiger charge is -1.88. The number of oxazole rings is 1. The van der Waals surface area contributed by atoms with Crippen molar-refractivity contribution in [2.75, 3.05) is 0 Å². The molecule has 2 nitrogen and oxygen atoms in total. The second kappa shape index (κ2) is 5.02. The van der Waals surface area contributed by atoms with Crippen molar-refractivity contribution in [1.82, 2.24) is 4.98 Å². The lowest BCUT2D eigenvalue weighted by atomic mass is 10.2. The predicted molar refractivity (Wildman–Crippen MR) is 75.8 cm³/mol. The summed E-state index contributed by atoms with van der Waals surface area (Å²) in [6.45, 7) is 0. The number of rotatable bonds is 0. The average Bonchev–Trinajstić information content (AvgIpc) is 3.10. The first-order chi connectivity index (χ1) is 8.95. The minimum absolute atomic E-state index is 1.38. The number of hydrogen-bond donors (Lipinski definition) is 0. The van der Waals surface area contributed by atoms with Crippen LogP contribution in [-0.4, -0.2) is 4.98 Å². The molecule has 0 unspecified atom stereocenters. The third kappa shape index (κ3) is 2.13. The van der Waals surface area contributed by atoms with Crippen molar-refractivity contribution in [2.24, 2.45) is 0 Å². The van der Waals surface area contributed by atoms with Crippen molar-refractivity contribution in [3.05, 3.63) is 67.4 Å². The van der Waals surface area contributed by atoms with Gasteiger partial charge in [0.05, 0.1) is 6.20 Å². The van der Waals surface area contributed by atoms with Crippen molar-refractivity contribution < 1.29 is 4.42 Å². The molecule has 0 aliphatic carbocycles. The molecule has 0 bridgehead atoms. The second-order valence-electron chi connectivity index (χ2n) is 3.77. The van der Waals surface area contributed by atoms with Crippen LogP contribution in [0.2, 0.25) is 0 Å². The summed E-state index contributed by atoms with van der Waals surface area (Å²) in [5.74, 6) is 0. The molecule has 2 aromatic carbocycles. The van der Waals surface area contributed by atoms with E-state index in [1.165, 1.54) is 32.8 Å². The van der Waals surface area contributed by atoms with Crippen LogP contribution in [-0.2, 0) is 0 Å². The Bertz CT molecular complexity index is 676. The molecule has 0 amide bonds. The second-order valence-corrected chi connectivity index (χ2v) is 4.85. The van der Waals surface area contributed by atoms with Crippen LogP contribution < -0.4 is 0 Å². The van der Waals surface area contributed by atoms with Crippen LogP contribution in [0.5, 0.6) is 0 Å². The highest BCUT2D eigenvalue weighted by molar-refractivity contribution is 7.25. The van der Waals surface area contributed by atoms with Gasteiger partial charge in [-0.1, -0.05) is 36.4 Å². The Hall–Kier alpha value is -2.13. The Balaban J connectivity index is 0.000000169. The lowest BCUT2D eigenvalue weighted by molar-refractivity contribution is 0.558. The fourth-order valence-corrected chi connectivity index (χ4v) is 2.96. The van der Waals surface area contributed by atoms with E-state index in [2.05, 4.69) is 57.9 Å². The van der Waals surface area contributed by atoms with Crippen molar-refractivity contribution >= 4 is 31.5 Å². The Morgan fingerprint density at radius 3 is 1.89 bits per heavy atom. The molecule has 0 spiro atoms. The van der Waals surface area contributed by atoms with Gasteiger partial charge in [-0.15, -0.1) is 11.3 Å². The zero-order chi connectivity index (χ0) is 12.2. The number of fused-ring (bicyclic) bond motifs is 3. The van der Waals surface area contributed by atoms with Crippen LogP contribution in [0.3, 0.4) is 0 Å². The summed E-state index contributed by atoms with van der Waals surface area (Å²) in [6, 6.07) is 17.1. The molecular weight excluding hydrogens is 242 g/mol. The zero-order valence-electron chi connectivity index (χ0n) is 9.61. The molecule has 0 N–H and O–H groups in total. The van der Waals surface area contributed by atoms with E-state index in [1.807, 2.05) is 11.3 Å². The molecule has 0 saturated heterocycles. The molecule has 0 aliphatic rings. The number of thiophene rings is 1. The normalized spacial score (nSPS) is 10.2. The molecule has 0 radical (unpaired) electrons. The third-order valence-corrected chi connectivity index (χ3v) is 3.78. The van der Waals surface area contributed by atoms with Gasteiger partial charge in [0.25, 0.3) is 0 Å². The first-order valence-corrected chi connectivity index (χ1v) is 6.45. The van der Waals surface area contributed by atoms with E-state index in [9.17, 15) is 0 Å². The SMILES string of the molecule is c1ccc2c(c1)sc1ccccc12.c1cocn1. The first-order valence-electron chi connectivity index (χ1n) is 5.63. The van der Waals surface area contributed by atoms with Crippen LogP contribution in [0.1, 0.15) is 0 Å². The lowest BCUT2D eigenvalue weighted by Crippen LogP contribution is -1.62. The maximum Gasteiger partial charge on any atom is 0.180 e. The summed E-state index contributed by atoms with van der Waals surface area (Å²) in [5.41, 5.74) is 0. The average molecular weight is 253 g/mol. The largest absolute Gasteiger partial charge is 0.452 e. The molecule has 0 aliphatic heterocycles. The zero-order valence-corrected chi connectivity index (χ0v) is 10.4. The molecule has 18 heavy (non-hydrogen) atoms. The van der Waals surface area contributed by atoms with Gasteiger partial charge in [-0.25, -0.2) is 4.98 Å². The van der Waals surface area contributed by atoms with Gasteiger partial charge in [0.1, 0.15) is 6.26 Å². The molecule has 0 atom stereocenters. The van der Waals surface area contributed by atoms with E-state index < -0.39 is 0 Å². The van der Waals surface area contributed by atoms with Crippen molar-refractivity contribution in [3.63, 3.8) is 0 Å². The Morgan fingerprint density at radius 1 is 0.833 bits per heavy atom. The quantitative estimate of drug-likeness (QED) is 0.453. The first kappa shape index (κ1) is 11.0. The van der Waals surface area contributed by atoms with Crippen LogP contribution in [0.15, 0.2) is 71.8 Å². The highest BCUT2D eigenvalue weighted by atomic mass is 32.1. The maximum absolute atomic E-state index is 4.47. The monoisotopic (exact) mass is 253 g/mol. The van der Waals surface area contributed by atoms with Crippen LogP contribution >= 0.6 is 11.3 Å². The van der Waals surface area contributed by atoms with Gasteiger partial charge in [0, 0.05) is 20.2 Å². The van der Waals surface area contributed by atoms with Gasteiger partial charge in [0.2, 0.25) is 0 Å². The van der Waals surface area contributed by atoms with Crippen LogP contribution in [0.25, 0.3) is 20.2 Å². The van der Waals surface area contributed by atoms with Gasteiger partial charge < -0.3 is 4.42 Å². The standard InChI is InChI=1S/C12H8S.C3H3NO/c1-3-7-11-9(5-1)10-6-2-4-8-12(10)13-11;1-2-5-3-4-1/h1-8H;1-3H. The molecule has 2 heterocycles. The fourth-order valence-electron chi connectivity index (χ4n) is 1.85. The summed E-state index contributed by atoms with van der Waals surface area (Å²) in [4.78, 5) is 3.56. The smallest absolute Gasteiger partial charge is 0.180 e. The Kier molecular flexibility index (Phi) is 3.07. The third-order valence-electron chi connectivity index (χ3n) is 2.63. The van der Waals surface area contributed by atoms with Gasteiger partial charge >= 0.3 is 0 Å². The summed E-state index contributed by atoms with van der Waals surface area (Å²) in [5, 5.41) is 2.76. The van der Waals surface area contributed by atoms with E-state index in [0.717, 1.165) is 0 Å². The molecule has 4 rings (SSSR count). The Morgan fingerprint density at radius 2 is 1.44 bits per heavy atom. The van der Waals surface area contributed by atoms with E-state index in [1.54, 1.807) is 6.20 Å². The van der Waals surface area contributed by atoms with Gasteiger partial charge in [-0.05, 0) is 12.1 Å². The van der Waals surface area contributed by atoms with E-state index >= 15 is 0 Å². The van der Waals surface area contributed by atoms with Gasteiger partial charge in [-0.2, -0.15) is 0 Å². The summed E-state index contributed by atoms with van der Waals surface area (Å²) in [6.07, 6.45) is 4.47. The van der Waals surface area contributed by atoms with Crippen molar-refractivity contribution in [3.8, 4) is 0 Å². The van der Waals surface area contributed by atoms with Crippen LogP contribution in [0.4, 0.5) is 0 Å². The number of nitrogens with zero attached hydrogens (tertiary/aromatic N) is 1. The fraction of sp³-hybridized carbons (Fsp3) is 0. The van der Waals surface area contributed by atoms with E-state index in [4.69, 9.17) is 0 Å². The highest BCUT2D eigenvalue weighted by Gasteiger charge is 2.01. The van der Waals surface area contributed by atoms with Crippen molar-refractivity contribution in [2.45, 2.75) is 0 Å². The maximum atomic E-state index is 4.47. The summed E-state index contributed by atoms with van der Waals surface area (Å²) < 4.78 is 7.23. The molecule has 88 valence electrons. The molecule has 0 saturated carbocycles. The summed E-state index contributed by atoms with van der Waals surface area (Å²) >= 11 is 1.86. The van der Waals surface area contributed by atoms with Gasteiger partial charge in [0.15, 0.2) is 6.39 Å². The molecule has 3 heteroatoms. The predicted octanol–water partition coefficient (Wildman–Crippen LogP) is 4.73. The summed E-state index contributed by atoms with van der Waals surface area (Å²) in [7, 11) is 0. The number of hydrogen-bond acceptors (Lipinski definition) is 3. The van der Waals surface area contributed by atoms with Crippen molar-refractivity contribution in [1.29, 1.82) is 0 Å². The minimum atomic E-state index is 1.38. The molecular formula is C15H11NOS. The van der Waals surface area contributed by atoms with Crippen LogP contribution in [0, 0.1) is 0 Å². The highest BCUT2D eigenvalue weighted by Crippen LogP contribution is 2.32. The Labute approximate surface area is 109 Å². The molecule has 4 aromatic rings. The van der Waals surface area contributed by atoms with E-state index in [-0.39, 0.29) is 0 Å². The minimum Gasteiger partial charge on any atom is -0.452 e. The van der Waals surface area contributed by atoms with Gasteiger partial charge in [-0.3, -0.25) is 0 Å². The molecule has 2 aromatic heterocycles. The van der Waals surface area contributed by atoms with E-state index in [0.29, 0.717) is 0 Å².